The van der Waals surface area contributed by atoms with Gasteiger partial charge in [-0.25, -0.2) is 0 Å². The third kappa shape index (κ3) is 4.56. The molecule has 27 heavy (non-hydrogen) atoms. The molecular weight excluding hydrogens is 352 g/mol. The molecular formula is C24H35ClN2. The Labute approximate surface area is 170 Å². The Balaban J connectivity index is 2.56. The van der Waals surface area contributed by atoms with Gasteiger partial charge in [-0.05, 0) is 91.0 Å². The standard InChI is InChI=1S/C24H35ClN2/c1-7-18-11-17(10-14(4)22(18)15(5)26)12-20-13-19(8-2)23(16(6)27)21(9-3)24(20)25/h10-11,13,15-16H,7-9,12,26-27H2,1-6H3/t15-,16+/m0/s1. The maximum absolute atomic E-state index is 6.86. The highest BCUT2D eigenvalue weighted by Crippen LogP contribution is 2.34. The van der Waals surface area contributed by atoms with E-state index in [0.29, 0.717) is 0 Å². The van der Waals surface area contributed by atoms with Crippen molar-refractivity contribution in [1.29, 1.82) is 0 Å². The molecule has 0 heterocycles. The van der Waals surface area contributed by atoms with Gasteiger partial charge in [-0.3, -0.25) is 0 Å². The molecule has 2 aromatic carbocycles. The van der Waals surface area contributed by atoms with Crippen molar-refractivity contribution in [2.45, 2.75) is 79.3 Å². The molecule has 4 N–H and O–H groups in total. The SMILES string of the molecule is CCc1cc(Cc2cc(CC)c([C@@H](C)N)c(CC)c2Cl)cc(C)c1[C@H](C)N. The predicted molar refractivity (Wildman–Crippen MR) is 119 cm³/mol. The van der Waals surface area contributed by atoms with E-state index in [4.69, 9.17) is 23.1 Å². The summed E-state index contributed by atoms with van der Waals surface area (Å²) in [6.45, 7) is 12.8. The fourth-order valence-corrected chi connectivity index (χ4v) is 4.77. The lowest BCUT2D eigenvalue weighted by Crippen LogP contribution is -2.13. The third-order valence-electron chi connectivity index (χ3n) is 5.52. The van der Waals surface area contributed by atoms with Crippen LogP contribution in [-0.2, 0) is 25.7 Å². The Kier molecular flexibility index (Phi) is 7.50. The van der Waals surface area contributed by atoms with E-state index >= 15 is 0 Å². The molecule has 2 rings (SSSR count). The maximum Gasteiger partial charge on any atom is 0.0476 e. The topological polar surface area (TPSA) is 52.0 Å². The van der Waals surface area contributed by atoms with Gasteiger partial charge < -0.3 is 11.5 Å². The van der Waals surface area contributed by atoms with Crippen molar-refractivity contribution in [3.05, 3.63) is 67.7 Å². The molecule has 148 valence electrons. The highest BCUT2D eigenvalue weighted by atomic mass is 35.5. The van der Waals surface area contributed by atoms with Crippen LogP contribution in [0.4, 0.5) is 0 Å². The number of aryl methyl sites for hydroxylation is 3. The lowest BCUT2D eigenvalue weighted by Gasteiger charge is -2.22. The summed E-state index contributed by atoms with van der Waals surface area (Å²) in [6.07, 6.45) is 3.70. The van der Waals surface area contributed by atoms with Crippen LogP contribution in [0.15, 0.2) is 18.2 Å². The van der Waals surface area contributed by atoms with Crippen LogP contribution in [0, 0.1) is 6.92 Å². The van der Waals surface area contributed by atoms with E-state index in [0.717, 1.165) is 30.7 Å². The van der Waals surface area contributed by atoms with E-state index in [1.54, 1.807) is 0 Å². The minimum atomic E-state index is 0.000661. The van der Waals surface area contributed by atoms with Crippen molar-refractivity contribution < 1.29 is 0 Å². The average Bonchev–Trinajstić information content (AvgIpc) is 2.61. The maximum atomic E-state index is 6.86. The predicted octanol–water partition coefficient (Wildman–Crippen LogP) is 5.97. The Hall–Kier alpha value is -1.35. The van der Waals surface area contributed by atoms with Crippen LogP contribution in [0.5, 0.6) is 0 Å². The molecule has 0 radical (unpaired) electrons. The highest BCUT2D eigenvalue weighted by Gasteiger charge is 2.18. The van der Waals surface area contributed by atoms with Gasteiger partial charge in [0, 0.05) is 17.1 Å². The fraction of sp³-hybridized carbons (Fsp3) is 0.500. The smallest absolute Gasteiger partial charge is 0.0476 e. The quantitative estimate of drug-likeness (QED) is 0.616. The Morgan fingerprint density at radius 1 is 0.815 bits per heavy atom. The molecule has 0 fully saturated rings. The zero-order chi connectivity index (χ0) is 20.3. The second kappa shape index (κ2) is 9.23. The van der Waals surface area contributed by atoms with Crippen molar-refractivity contribution in [2.75, 3.05) is 0 Å². The van der Waals surface area contributed by atoms with Gasteiger partial charge in [-0.1, -0.05) is 50.6 Å². The van der Waals surface area contributed by atoms with Gasteiger partial charge in [0.15, 0.2) is 0 Å². The van der Waals surface area contributed by atoms with Crippen LogP contribution in [0.25, 0.3) is 0 Å². The van der Waals surface area contributed by atoms with Crippen molar-refractivity contribution in [2.24, 2.45) is 11.5 Å². The van der Waals surface area contributed by atoms with Gasteiger partial charge in [0.05, 0.1) is 0 Å². The van der Waals surface area contributed by atoms with E-state index in [-0.39, 0.29) is 12.1 Å². The largest absolute Gasteiger partial charge is 0.324 e. The Bertz CT molecular complexity index is 807. The zero-order valence-corrected chi connectivity index (χ0v) is 18.5. The molecule has 3 heteroatoms. The first-order valence-electron chi connectivity index (χ1n) is 10.2. The molecule has 0 saturated heterocycles. The van der Waals surface area contributed by atoms with Gasteiger partial charge >= 0.3 is 0 Å². The molecule has 0 aromatic heterocycles. The molecule has 0 amide bonds. The number of hydrogen-bond acceptors (Lipinski definition) is 2. The molecule has 0 unspecified atom stereocenters. The van der Waals surface area contributed by atoms with Crippen molar-refractivity contribution in [3.63, 3.8) is 0 Å². The third-order valence-corrected chi connectivity index (χ3v) is 5.99. The monoisotopic (exact) mass is 386 g/mol. The first-order valence-corrected chi connectivity index (χ1v) is 10.6. The average molecular weight is 387 g/mol. The molecule has 0 saturated carbocycles. The summed E-state index contributed by atoms with van der Waals surface area (Å²) < 4.78 is 0. The first kappa shape index (κ1) is 21.9. The summed E-state index contributed by atoms with van der Waals surface area (Å²) in [4.78, 5) is 0. The summed E-state index contributed by atoms with van der Waals surface area (Å²) in [6, 6.07) is 6.89. The van der Waals surface area contributed by atoms with Crippen LogP contribution in [0.3, 0.4) is 0 Å². The lowest BCUT2D eigenvalue weighted by atomic mass is 9.87. The van der Waals surface area contributed by atoms with Crippen LogP contribution < -0.4 is 11.5 Å². The molecule has 2 nitrogen and oxygen atoms in total. The van der Waals surface area contributed by atoms with Gasteiger partial charge in [-0.15, -0.1) is 0 Å². The lowest BCUT2D eigenvalue weighted by molar-refractivity contribution is 0.781. The molecule has 2 aromatic rings. The molecule has 0 aliphatic carbocycles. The minimum absolute atomic E-state index is 0.000661. The van der Waals surface area contributed by atoms with E-state index in [1.807, 2.05) is 6.92 Å². The van der Waals surface area contributed by atoms with Crippen LogP contribution in [0.1, 0.15) is 91.2 Å². The minimum Gasteiger partial charge on any atom is -0.324 e. The summed E-state index contributed by atoms with van der Waals surface area (Å²) in [5.74, 6) is 0. The number of benzene rings is 2. The molecule has 2 atom stereocenters. The Morgan fingerprint density at radius 2 is 1.37 bits per heavy atom. The second-order valence-electron chi connectivity index (χ2n) is 7.70. The summed E-state index contributed by atoms with van der Waals surface area (Å²) in [5, 5.41) is 0.883. The number of rotatable bonds is 7. The van der Waals surface area contributed by atoms with E-state index in [9.17, 15) is 0 Å². The number of hydrogen-bond donors (Lipinski definition) is 2. The number of nitrogens with two attached hydrogens (primary N) is 2. The van der Waals surface area contributed by atoms with E-state index in [1.165, 1.54) is 44.5 Å². The van der Waals surface area contributed by atoms with Gasteiger partial charge in [0.25, 0.3) is 0 Å². The van der Waals surface area contributed by atoms with Gasteiger partial charge in [0.1, 0.15) is 0 Å². The van der Waals surface area contributed by atoms with Crippen molar-refractivity contribution >= 4 is 11.6 Å². The van der Waals surface area contributed by atoms with Crippen LogP contribution in [-0.4, -0.2) is 0 Å². The van der Waals surface area contributed by atoms with Gasteiger partial charge in [0.2, 0.25) is 0 Å². The highest BCUT2D eigenvalue weighted by molar-refractivity contribution is 6.32. The van der Waals surface area contributed by atoms with Crippen molar-refractivity contribution in [3.8, 4) is 0 Å². The number of halogens is 1. The first-order chi connectivity index (χ1) is 12.7. The van der Waals surface area contributed by atoms with Gasteiger partial charge in [-0.2, -0.15) is 0 Å². The molecule has 0 aliphatic heterocycles. The fourth-order valence-electron chi connectivity index (χ4n) is 4.41. The Morgan fingerprint density at radius 3 is 1.85 bits per heavy atom. The second-order valence-corrected chi connectivity index (χ2v) is 8.08. The molecule has 0 aliphatic rings. The molecule has 0 spiro atoms. The summed E-state index contributed by atoms with van der Waals surface area (Å²) >= 11 is 6.86. The molecule has 0 bridgehead atoms. The zero-order valence-electron chi connectivity index (χ0n) is 17.7. The summed E-state index contributed by atoms with van der Waals surface area (Å²) in [7, 11) is 0. The van der Waals surface area contributed by atoms with E-state index < -0.39 is 0 Å². The van der Waals surface area contributed by atoms with Crippen LogP contribution >= 0.6 is 11.6 Å². The normalized spacial score (nSPS) is 13.7. The van der Waals surface area contributed by atoms with Crippen LogP contribution in [0.2, 0.25) is 5.02 Å². The van der Waals surface area contributed by atoms with Crippen molar-refractivity contribution in [1.82, 2.24) is 0 Å². The van der Waals surface area contributed by atoms with E-state index in [2.05, 4.69) is 52.8 Å². The summed E-state index contributed by atoms with van der Waals surface area (Å²) in [5.41, 5.74) is 22.6.